The van der Waals surface area contributed by atoms with Crippen molar-refractivity contribution in [3.05, 3.63) is 23.8 Å². The lowest BCUT2D eigenvalue weighted by molar-refractivity contribution is -0.0450. The van der Waals surface area contributed by atoms with Gasteiger partial charge in [-0.2, -0.15) is 0 Å². The SMILES string of the molecule is COc1cc(C=O)ccc1ONO. The van der Waals surface area contributed by atoms with Gasteiger partial charge in [0.1, 0.15) is 6.29 Å². The number of hydrogen-bond acceptors (Lipinski definition) is 5. The lowest BCUT2D eigenvalue weighted by atomic mass is 10.2. The molecule has 0 spiro atoms. The van der Waals surface area contributed by atoms with Gasteiger partial charge in [-0.3, -0.25) is 10.0 Å². The van der Waals surface area contributed by atoms with Crippen molar-refractivity contribution in [1.29, 1.82) is 0 Å². The molecule has 0 fully saturated rings. The van der Waals surface area contributed by atoms with Crippen LogP contribution in [0, 0.1) is 0 Å². The zero-order valence-electron chi connectivity index (χ0n) is 6.98. The molecular formula is C8H9NO4. The average Bonchev–Trinajstić information content (AvgIpc) is 2.19. The van der Waals surface area contributed by atoms with Crippen molar-refractivity contribution in [2.24, 2.45) is 0 Å². The minimum atomic E-state index is 0.301. The maximum atomic E-state index is 10.4. The van der Waals surface area contributed by atoms with E-state index in [2.05, 4.69) is 4.84 Å². The zero-order valence-corrected chi connectivity index (χ0v) is 6.98. The molecule has 0 unspecified atom stereocenters. The van der Waals surface area contributed by atoms with Gasteiger partial charge in [0.15, 0.2) is 11.5 Å². The van der Waals surface area contributed by atoms with Gasteiger partial charge in [-0.05, 0) is 23.8 Å². The monoisotopic (exact) mass is 183 g/mol. The second kappa shape index (κ2) is 4.44. The quantitative estimate of drug-likeness (QED) is 0.533. The second-order valence-electron chi connectivity index (χ2n) is 2.22. The Morgan fingerprint density at radius 2 is 2.23 bits per heavy atom. The first kappa shape index (κ1) is 9.50. The summed E-state index contributed by atoms with van der Waals surface area (Å²) in [5.41, 5.74) is 2.00. The third-order valence-electron chi connectivity index (χ3n) is 1.48. The summed E-state index contributed by atoms with van der Waals surface area (Å²) >= 11 is 0. The third kappa shape index (κ3) is 2.17. The summed E-state index contributed by atoms with van der Waals surface area (Å²) in [5.74, 6) is 0.668. The molecule has 0 aliphatic rings. The van der Waals surface area contributed by atoms with Crippen LogP contribution in [0.3, 0.4) is 0 Å². The molecule has 1 aromatic carbocycles. The van der Waals surface area contributed by atoms with E-state index in [1.807, 2.05) is 0 Å². The molecule has 2 N–H and O–H groups in total. The largest absolute Gasteiger partial charge is 0.493 e. The van der Waals surface area contributed by atoms with Crippen LogP contribution in [0.15, 0.2) is 18.2 Å². The van der Waals surface area contributed by atoms with Crippen molar-refractivity contribution in [2.75, 3.05) is 7.11 Å². The van der Waals surface area contributed by atoms with E-state index in [0.717, 1.165) is 0 Å². The Kier molecular flexibility index (Phi) is 3.24. The van der Waals surface area contributed by atoms with Crippen LogP contribution < -0.4 is 15.2 Å². The van der Waals surface area contributed by atoms with Crippen LogP contribution >= 0.6 is 0 Å². The van der Waals surface area contributed by atoms with Crippen LogP contribution in [0.1, 0.15) is 10.4 Å². The molecule has 70 valence electrons. The highest BCUT2D eigenvalue weighted by atomic mass is 16.8. The van der Waals surface area contributed by atoms with Crippen molar-refractivity contribution < 1.29 is 19.6 Å². The molecule has 1 aromatic rings. The number of carbonyl (C=O) groups excluding carboxylic acids is 1. The first-order valence-corrected chi connectivity index (χ1v) is 3.51. The summed E-state index contributed by atoms with van der Waals surface area (Å²) < 4.78 is 4.91. The molecule has 5 nitrogen and oxygen atoms in total. The number of rotatable bonds is 4. The molecule has 0 saturated carbocycles. The number of aldehydes is 1. The van der Waals surface area contributed by atoms with Gasteiger partial charge in [-0.25, -0.2) is 0 Å². The van der Waals surface area contributed by atoms with Gasteiger partial charge in [-0.15, -0.1) is 0 Å². The van der Waals surface area contributed by atoms with E-state index in [9.17, 15) is 4.79 Å². The Hall–Kier alpha value is -1.59. The third-order valence-corrected chi connectivity index (χ3v) is 1.48. The van der Waals surface area contributed by atoms with Crippen molar-refractivity contribution in [3.63, 3.8) is 0 Å². The fraction of sp³-hybridized carbons (Fsp3) is 0.125. The molecule has 0 saturated heterocycles. The first-order chi connectivity index (χ1) is 6.31. The predicted octanol–water partition coefficient (Wildman–Crippen LogP) is 0.780. The highest BCUT2D eigenvalue weighted by Crippen LogP contribution is 2.26. The summed E-state index contributed by atoms with van der Waals surface area (Å²) in [6.07, 6.45) is 0.693. The number of benzene rings is 1. The lowest BCUT2D eigenvalue weighted by Crippen LogP contribution is -2.12. The number of ether oxygens (including phenoxy) is 1. The van der Waals surface area contributed by atoms with E-state index in [-0.39, 0.29) is 0 Å². The molecular weight excluding hydrogens is 174 g/mol. The Morgan fingerprint density at radius 3 is 2.77 bits per heavy atom. The van der Waals surface area contributed by atoms with Crippen molar-refractivity contribution >= 4 is 6.29 Å². The van der Waals surface area contributed by atoms with Crippen LogP contribution in [0.25, 0.3) is 0 Å². The molecule has 0 aliphatic carbocycles. The lowest BCUT2D eigenvalue weighted by Gasteiger charge is -2.07. The fourth-order valence-electron chi connectivity index (χ4n) is 0.891. The average molecular weight is 183 g/mol. The van der Waals surface area contributed by atoms with Crippen LogP contribution in [-0.4, -0.2) is 18.6 Å². The van der Waals surface area contributed by atoms with E-state index in [0.29, 0.717) is 23.3 Å². The van der Waals surface area contributed by atoms with Gasteiger partial charge in [0, 0.05) is 5.56 Å². The highest BCUT2D eigenvalue weighted by molar-refractivity contribution is 5.76. The van der Waals surface area contributed by atoms with Gasteiger partial charge in [0.2, 0.25) is 0 Å². The Bertz CT molecular complexity index is 300. The van der Waals surface area contributed by atoms with E-state index >= 15 is 0 Å². The van der Waals surface area contributed by atoms with Crippen molar-refractivity contribution in [1.82, 2.24) is 5.64 Å². The fourth-order valence-corrected chi connectivity index (χ4v) is 0.891. The molecule has 0 aromatic heterocycles. The van der Waals surface area contributed by atoms with Gasteiger partial charge < -0.3 is 9.57 Å². The molecule has 13 heavy (non-hydrogen) atoms. The molecule has 0 amide bonds. The molecule has 5 heteroatoms. The number of nitrogens with one attached hydrogen (secondary N) is 1. The predicted molar refractivity (Wildman–Crippen MR) is 43.9 cm³/mol. The van der Waals surface area contributed by atoms with Crippen LogP contribution in [0.4, 0.5) is 0 Å². The molecule has 0 bridgehead atoms. The van der Waals surface area contributed by atoms with Gasteiger partial charge >= 0.3 is 0 Å². The second-order valence-corrected chi connectivity index (χ2v) is 2.22. The van der Waals surface area contributed by atoms with Gasteiger partial charge in [-0.1, -0.05) is 0 Å². The summed E-state index contributed by atoms with van der Waals surface area (Å²) in [7, 11) is 1.44. The minimum Gasteiger partial charge on any atom is -0.493 e. The maximum absolute atomic E-state index is 10.4. The van der Waals surface area contributed by atoms with Crippen LogP contribution in [0.2, 0.25) is 0 Å². The van der Waals surface area contributed by atoms with Crippen LogP contribution in [0.5, 0.6) is 11.5 Å². The van der Waals surface area contributed by atoms with Gasteiger partial charge in [0.25, 0.3) is 0 Å². The molecule has 0 radical (unpaired) electrons. The minimum absolute atomic E-state index is 0.301. The number of carbonyl (C=O) groups is 1. The zero-order chi connectivity index (χ0) is 9.68. The molecule has 0 atom stereocenters. The normalized spacial score (nSPS) is 9.38. The standard InChI is InChI=1S/C8H9NO4/c1-12-8-4-6(5-10)2-3-7(8)13-9-11/h2-5,9,11H,1H3. The summed E-state index contributed by atoms with van der Waals surface area (Å²) in [6.45, 7) is 0. The smallest absolute Gasteiger partial charge is 0.192 e. The van der Waals surface area contributed by atoms with E-state index < -0.39 is 0 Å². The first-order valence-electron chi connectivity index (χ1n) is 3.51. The van der Waals surface area contributed by atoms with Gasteiger partial charge in [0.05, 0.1) is 7.11 Å². The summed E-state index contributed by atoms with van der Waals surface area (Å²) in [5, 5.41) is 8.27. The van der Waals surface area contributed by atoms with Crippen molar-refractivity contribution in [3.8, 4) is 11.5 Å². The highest BCUT2D eigenvalue weighted by Gasteiger charge is 2.04. The maximum Gasteiger partial charge on any atom is 0.192 e. The van der Waals surface area contributed by atoms with Crippen molar-refractivity contribution in [2.45, 2.75) is 0 Å². The summed E-state index contributed by atoms with van der Waals surface area (Å²) in [4.78, 5) is 15.0. The molecule has 1 rings (SSSR count). The Balaban J connectivity index is 3.00. The van der Waals surface area contributed by atoms with E-state index in [4.69, 9.17) is 9.94 Å². The van der Waals surface area contributed by atoms with E-state index in [1.54, 1.807) is 6.07 Å². The number of methoxy groups -OCH3 is 1. The molecule has 0 aliphatic heterocycles. The van der Waals surface area contributed by atoms with E-state index in [1.165, 1.54) is 24.9 Å². The Labute approximate surface area is 74.8 Å². The topological polar surface area (TPSA) is 67.8 Å². The number of hydrogen-bond donors (Lipinski definition) is 2. The van der Waals surface area contributed by atoms with Crippen LogP contribution in [-0.2, 0) is 0 Å². The molecule has 0 heterocycles. The summed E-state index contributed by atoms with van der Waals surface area (Å²) in [6, 6.07) is 4.55. The Morgan fingerprint density at radius 1 is 1.46 bits per heavy atom.